The van der Waals surface area contributed by atoms with Crippen molar-refractivity contribution in [1.82, 2.24) is 24.8 Å². The van der Waals surface area contributed by atoms with E-state index in [1.165, 1.54) is 19.3 Å². The van der Waals surface area contributed by atoms with Gasteiger partial charge in [-0.05, 0) is 51.2 Å². The first-order chi connectivity index (χ1) is 16.9. The number of nitrogens with zero attached hydrogens (tertiary/aromatic N) is 5. The number of benzene rings is 1. The highest BCUT2D eigenvalue weighted by Crippen LogP contribution is 2.33. The monoisotopic (exact) mass is 475 g/mol. The Bertz CT molecular complexity index is 1380. The average molecular weight is 476 g/mol. The van der Waals surface area contributed by atoms with Crippen molar-refractivity contribution < 1.29 is 13.9 Å². The Balaban J connectivity index is 1.40. The Labute approximate surface area is 202 Å². The maximum Gasteiger partial charge on any atom is 0.235 e. The van der Waals surface area contributed by atoms with E-state index < -0.39 is 5.82 Å². The number of aromatic nitrogens is 4. The van der Waals surface area contributed by atoms with E-state index in [0.29, 0.717) is 16.7 Å². The number of nitrogens with one attached hydrogen (secondary N) is 2. The number of fused-ring (bicyclic) bond motifs is 1. The molecule has 0 amide bonds. The zero-order valence-corrected chi connectivity index (χ0v) is 19.8. The van der Waals surface area contributed by atoms with Crippen LogP contribution in [0.1, 0.15) is 23.0 Å². The van der Waals surface area contributed by atoms with Crippen LogP contribution in [-0.2, 0) is 0 Å². The van der Waals surface area contributed by atoms with Crippen molar-refractivity contribution >= 4 is 34.0 Å². The molecule has 3 aromatic heterocycles. The molecule has 4 aromatic rings. The van der Waals surface area contributed by atoms with Gasteiger partial charge in [0.2, 0.25) is 5.88 Å². The number of aryl methyl sites for hydroxylation is 1. The molecule has 1 saturated heterocycles. The summed E-state index contributed by atoms with van der Waals surface area (Å²) in [7, 11) is 2.11. The first-order valence-corrected chi connectivity index (χ1v) is 11.4. The number of carbonyl (C=O) groups is 1. The van der Waals surface area contributed by atoms with Crippen LogP contribution in [0.3, 0.4) is 0 Å². The predicted octanol–water partition coefficient (Wildman–Crippen LogP) is 4.29. The summed E-state index contributed by atoms with van der Waals surface area (Å²) >= 11 is 0. The topological polar surface area (TPSA) is 99.3 Å². The zero-order chi connectivity index (χ0) is 24.5. The van der Waals surface area contributed by atoms with Gasteiger partial charge in [-0.3, -0.25) is 4.79 Å². The van der Waals surface area contributed by atoms with E-state index in [-0.39, 0.29) is 28.8 Å². The number of pyridine rings is 1. The number of Topliss-reactive ketones (excluding diaryl/α,β-unsaturated/α-hetero) is 1. The van der Waals surface area contributed by atoms with Crippen molar-refractivity contribution in [2.24, 2.45) is 0 Å². The second-order valence-corrected chi connectivity index (χ2v) is 8.67. The number of ketones is 1. The molecule has 10 heteroatoms. The molecule has 9 nitrogen and oxygen atoms in total. The van der Waals surface area contributed by atoms with Gasteiger partial charge in [-0.15, -0.1) is 0 Å². The number of H-pyrrole nitrogens is 1. The van der Waals surface area contributed by atoms with Gasteiger partial charge in [-0.25, -0.2) is 19.3 Å². The molecule has 1 aliphatic heterocycles. The molecule has 35 heavy (non-hydrogen) atoms. The average Bonchev–Trinajstić information content (AvgIpc) is 3.23. The summed E-state index contributed by atoms with van der Waals surface area (Å²) in [5.74, 6) is -0.161. The highest BCUT2D eigenvalue weighted by atomic mass is 19.1. The van der Waals surface area contributed by atoms with Gasteiger partial charge in [0, 0.05) is 42.8 Å². The Morgan fingerprint density at radius 1 is 1.11 bits per heavy atom. The number of ether oxygens (including phenoxy) is 1. The quantitative estimate of drug-likeness (QED) is 0.399. The zero-order valence-electron chi connectivity index (χ0n) is 19.8. The number of anilines is 3. The minimum atomic E-state index is -0.532. The molecule has 0 aliphatic carbocycles. The molecular weight excluding hydrogens is 449 g/mol. The second kappa shape index (κ2) is 9.30. The van der Waals surface area contributed by atoms with Crippen LogP contribution in [-0.4, -0.2) is 63.8 Å². The number of hydrogen-bond donors (Lipinski definition) is 2. The summed E-state index contributed by atoms with van der Waals surface area (Å²) in [6.45, 7) is 7.12. The fourth-order valence-electron chi connectivity index (χ4n) is 4.16. The third-order valence-corrected chi connectivity index (χ3v) is 6.07. The molecule has 180 valence electrons. The summed E-state index contributed by atoms with van der Waals surface area (Å²) in [6.07, 6.45) is 3.06. The van der Waals surface area contributed by atoms with E-state index in [9.17, 15) is 4.79 Å². The number of aromatic amines is 1. The molecule has 1 fully saturated rings. The van der Waals surface area contributed by atoms with Gasteiger partial charge in [0.15, 0.2) is 17.3 Å². The Morgan fingerprint density at radius 3 is 2.63 bits per heavy atom. The molecular formula is C25H26FN7O2. The van der Waals surface area contributed by atoms with Crippen molar-refractivity contribution in [3.05, 3.63) is 59.9 Å². The minimum absolute atomic E-state index is 0.0293. The van der Waals surface area contributed by atoms with E-state index in [4.69, 9.17) is 4.74 Å². The number of rotatable bonds is 6. The number of carbonyl (C=O) groups excluding carboxylic acids is 1. The molecule has 0 spiro atoms. The van der Waals surface area contributed by atoms with Crippen molar-refractivity contribution in [2.75, 3.05) is 43.4 Å². The van der Waals surface area contributed by atoms with Crippen molar-refractivity contribution in [1.29, 1.82) is 0 Å². The Hall–Kier alpha value is -4.05. The standard InChI is InChI=1S/C25H26FN7O2/c1-15-12-18-19(30-15)5-6-20(23(18)26)35-25-22(16(2)34)24(28-14-29-25)31-21-7-4-17(13-27-21)33-10-8-32(3)9-11-33/h4-7,12-14,30H,8-11H2,1-3H3,(H,27,28,29,31). The molecule has 4 heterocycles. The van der Waals surface area contributed by atoms with E-state index in [1.54, 1.807) is 18.3 Å². The predicted molar refractivity (Wildman–Crippen MR) is 132 cm³/mol. The number of likely N-dealkylation sites (N-methyl/N-ethyl adjacent to an activating group) is 1. The lowest BCUT2D eigenvalue weighted by molar-refractivity contribution is 0.101. The third-order valence-electron chi connectivity index (χ3n) is 6.07. The lowest BCUT2D eigenvalue weighted by Gasteiger charge is -2.33. The van der Waals surface area contributed by atoms with Crippen molar-refractivity contribution in [3.8, 4) is 11.6 Å². The van der Waals surface area contributed by atoms with E-state index in [1.807, 2.05) is 19.1 Å². The number of piperazine rings is 1. The van der Waals surface area contributed by atoms with Crippen LogP contribution in [0.25, 0.3) is 10.9 Å². The van der Waals surface area contributed by atoms with Crippen LogP contribution < -0.4 is 15.0 Å². The highest BCUT2D eigenvalue weighted by Gasteiger charge is 2.21. The van der Waals surface area contributed by atoms with Crippen LogP contribution >= 0.6 is 0 Å². The maximum absolute atomic E-state index is 15.1. The van der Waals surface area contributed by atoms with E-state index >= 15 is 4.39 Å². The fraction of sp³-hybridized carbons (Fsp3) is 0.280. The van der Waals surface area contributed by atoms with Crippen molar-refractivity contribution in [3.63, 3.8) is 0 Å². The van der Waals surface area contributed by atoms with Gasteiger partial charge in [-0.1, -0.05) is 0 Å². The van der Waals surface area contributed by atoms with Crippen LogP contribution in [0.5, 0.6) is 11.6 Å². The summed E-state index contributed by atoms with van der Waals surface area (Å²) in [4.78, 5) is 33.0. The van der Waals surface area contributed by atoms with Gasteiger partial charge < -0.3 is 24.8 Å². The lowest BCUT2D eigenvalue weighted by Crippen LogP contribution is -2.44. The van der Waals surface area contributed by atoms with Gasteiger partial charge >= 0.3 is 0 Å². The molecule has 0 saturated carbocycles. The van der Waals surface area contributed by atoms with Crippen LogP contribution in [0, 0.1) is 12.7 Å². The molecule has 0 bridgehead atoms. The van der Waals surface area contributed by atoms with Crippen LogP contribution in [0.2, 0.25) is 0 Å². The summed E-state index contributed by atoms with van der Waals surface area (Å²) in [5.41, 5.74) is 2.64. The van der Waals surface area contributed by atoms with Gasteiger partial charge in [0.1, 0.15) is 23.5 Å². The smallest absolute Gasteiger partial charge is 0.235 e. The fourth-order valence-corrected chi connectivity index (χ4v) is 4.16. The number of hydrogen-bond acceptors (Lipinski definition) is 8. The first-order valence-electron chi connectivity index (χ1n) is 11.4. The largest absolute Gasteiger partial charge is 0.435 e. The van der Waals surface area contributed by atoms with Crippen LogP contribution in [0.15, 0.2) is 42.9 Å². The third kappa shape index (κ3) is 4.65. The van der Waals surface area contributed by atoms with Gasteiger partial charge in [-0.2, -0.15) is 0 Å². The summed E-state index contributed by atoms with van der Waals surface area (Å²) in [6, 6.07) is 8.75. The van der Waals surface area contributed by atoms with E-state index in [2.05, 4.69) is 42.1 Å². The lowest BCUT2D eigenvalue weighted by atomic mass is 10.2. The highest BCUT2D eigenvalue weighted by molar-refractivity contribution is 6.01. The Kier molecular flexibility index (Phi) is 6.04. The van der Waals surface area contributed by atoms with Gasteiger partial charge in [0.25, 0.3) is 0 Å². The van der Waals surface area contributed by atoms with Crippen molar-refractivity contribution in [2.45, 2.75) is 13.8 Å². The summed E-state index contributed by atoms with van der Waals surface area (Å²) in [5, 5.41) is 3.48. The molecule has 5 rings (SSSR count). The molecule has 0 unspecified atom stereocenters. The Morgan fingerprint density at radius 2 is 1.91 bits per heavy atom. The van der Waals surface area contributed by atoms with Crippen LogP contribution in [0.4, 0.5) is 21.7 Å². The van der Waals surface area contributed by atoms with E-state index in [0.717, 1.165) is 37.6 Å². The molecule has 0 radical (unpaired) electrons. The second-order valence-electron chi connectivity index (χ2n) is 8.67. The normalized spacial score (nSPS) is 14.3. The summed E-state index contributed by atoms with van der Waals surface area (Å²) < 4.78 is 20.8. The SMILES string of the molecule is CC(=O)c1c(Nc2ccc(N3CCN(C)CC3)cn2)ncnc1Oc1ccc2[nH]c(C)cc2c1F. The molecule has 0 atom stereocenters. The van der Waals surface area contributed by atoms with Gasteiger partial charge in [0.05, 0.1) is 11.9 Å². The number of halogens is 1. The molecule has 1 aromatic carbocycles. The maximum atomic E-state index is 15.1. The molecule has 1 aliphatic rings. The molecule has 2 N–H and O–H groups in total. The minimum Gasteiger partial charge on any atom is -0.435 e. The first kappa shape index (κ1) is 22.7.